The Labute approximate surface area is 177 Å². The highest BCUT2D eigenvalue weighted by Crippen LogP contribution is 2.24. The Balaban J connectivity index is 1.33. The average molecular weight is 414 g/mol. The molecule has 1 heterocycles. The van der Waals surface area contributed by atoms with Gasteiger partial charge in [0, 0.05) is 22.4 Å². The van der Waals surface area contributed by atoms with Gasteiger partial charge in [0.15, 0.2) is 6.61 Å². The van der Waals surface area contributed by atoms with E-state index < -0.39 is 5.91 Å². The fourth-order valence-electron chi connectivity index (χ4n) is 2.80. The summed E-state index contributed by atoms with van der Waals surface area (Å²) in [6.07, 6.45) is 0. The minimum Gasteiger partial charge on any atom is -0.484 e. The van der Waals surface area contributed by atoms with Crippen molar-refractivity contribution in [1.29, 1.82) is 0 Å². The van der Waals surface area contributed by atoms with E-state index in [0.717, 1.165) is 11.1 Å². The lowest BCUT2D eigenvalue weighted by Gasteiger charge is -2.08. The minimum absolute atomic E-state index is 0.171. The Kier molecular flexibility index (Phi) is 5.70. The molecule has 3 aromatic carbocycles. The number of aromatic nitrogens is 2. The number of amides is 2. The lowest BCUT2D eigenvalue weighted by atomic mass is 10.2. The van der Waals surface area contributed by atoms with Crippen LogP contribution in [0.5, 0.6) is 5.75 Å². The second-order valence-corrected chi connectivity index (χ2v) is 6.59. The molecule has 0 saturated heterocycles. The maximum Gasteiger partial charge on any atom is 0.262 e. The molecule has 1 aromatic heterocycles. The monoisotopic (exact) mass is 414 g/mol. The molecule has 0 unspecified atom stereocenters. The van der Waals surface area contributed by atoms with Crippen LogP contribution in [0.15, 0.2) is 83.4 Å². The summed E-state index contributed by atoms with van der Waals surface area (Å²) in [7, 11) is 0. The van der Waals surface area contributed by atoms with Crippen LogP contribution in [0.1, 0.15) is 10.4 Å². The van der Waals surface area contributed by atoms with Gasteiger partial charge in [0.2, 0.25) is 11.7 Å². The van der Waals surface area contributed by atoms with E-state index in [1.807, 2.05) is 30.3 Å². The van der Waals surface area contributed by atoms with Crippen molar-refractivity contribution in [2.45, 2.75) is 0 Å². The summed E-state index contributed by atoms with van der Waals surface area (Å²) < 4.78 is 10.9. The first-order valence-electron chi connectivity index (χ1n) is 9.40. The maximum absolute atomic E-state index is 12.1. The first kappa shape index (κ1) is 19.8. The molecule has 0 bridgehead atoms. The third-order valence-electron chi connectivity index (χ3n) is 4.38. The largest absolute Gasteiger partial charge is 0.484 e. The van der Waals surface area contributed by atoms with E-state index in [9.17, 15) is 9.59 Å². The van der Waals surface area contributed by atoms with Crippen molar-refractivity contribution >= 4 is 17.5 Å². The summed E-state index contributed by atoms with van der Waals surface area (Å²) >= 11 is 0. The molecule has 0 spiro atoms. The third kappa shape index (κ3) is 4.94. The molecule has 8 heteroatoms. The van der Waals surface area contributed by atoms with E-state index >= 15 is 0 Å². The second kappa shape index (κ2) is 8.91. The van der Waals surface area contributed by atoms with Crippen molar-refractivity contribution in [3.8, 4) is 28.6 Å². The van der Waals surface area contributed by atoms with Gasteiger partial charge in [-0.15, -0.1) is 0 Å². The van der Waals surface area contributed by atoms with Gasteiger partial charge < -0.3 is 20.3 Å². The molecule has 2 amide bonds. The van der Waals surface area contributed by atoms with Crippen molar-refractivity contribution in [3.63, 3.8) is 0 Å². The molecule has 8 nitrogen and oxygen atoms in total. The Morgan fingerprint density at radius 2 is 1.61 bits per heavy atom. The minimum atomic E-state index is -0.526. The normalized spacial score (nSPS) is 10.5. The van der Waals surface area contributed by atoms with Gasteiger partial charge in [-0.25, -0.2) is 0 Å². The molecule has 0 radical (unpaired) electrons. The van der Waals surface area contributed by atoms with Crippen LogP contribution in [-0.2, 0) is 4.79 Å². The number of rotatable bonds is 7. The molecule has 4 rings (SSSR count). The van der Waals surface area contributed by atoms with Crippen molar-refractivity contribution in [2.75, 3.05) is 11.9 Å². The van der Waals surface area contributed by atoms with Crippen molar-refractivity contribution < 1.29 is 18.8 Å². The molecule has 154 valence electrons. The highest BCUT2D eigenvalue weighted by atomic mass is 16.5. The molecule has 0 aliphatic heterocycles. The van der Waals surface area contributed by atoms with E-state index in [4.69, 9.17) is 15.0 Å². The molecule has 0 saturated carbocycles. The van der Waals surface area contributed by atoms with Gasteiger partial charge in [0.1, 0.15) is 5.75 Å². The Hall–Kier alpha value is -4.46. The fourth-order valence-corrected chi connectivity index (χ4v) is 2.80. The molecular weight excluding hydrogens is 396 g/mol. The van der Waals surface area contributed by atoms with Crippen LogP contribution >= 0.6 is 0 Å². The SMILES string of the molecule is NC(=O)c1ccc(NC(=O)COc2ccc(-c3nc(-c4ccccc4)no3)cc2)cc1. The topological polar surface area (TPSA) is 120 Å². The van der Waals surface area contributed by atoms with E-state index in [2.05, 4.69) is 15.5 Å². The number of nitrogens with one attached hydrogen (secondary N) is 1. The Morgan fingerprint density at radius 3 is 2.29 bits per heavy atom. The van der Waals surface area contributed by atoms with Crippen LogP contribution in [-0.4, -0.2) is 28.6 Å². The number of carbonyl (C=O) groups excluding carboxylic acids is 2. The van der Waals surface area contributed by atoms with E-state index in [-0.39, 0.29) is 12.5 Å². The number of ether oxygens (including phenoxy) is 1. The quantitative estimate of drug-likeness (QED) is 0.477. The maximum atomic E-state index is 12.1. The van der Waals surface area contributed by atoms with Crippen molar-refractivity contribution in [1.82, 2.24) is 10.1 Å². The zero-order valence-corrected chi connectivity index (χ0v) is 16.3. The summed E-state index contributed by atoms with van der Waals surface area (Å²) in [4.78, 5) is 27.6. The first-order chi connectivity index (χ1) is 15.1. The Bertz CT molecular complexity index is 1190. The number of primary amides is 1. The number of hydrogen-bond donors (Lipinski definition) is 2. The van der Waals surface area contributed by atoms with Crippen molar-refractivity contribution in [2.24, 2.45) is 5.73 Å². The molecule has 4 aromatic rings. The molecule has 3 N–H and O–H groups in total. The number of hydrogen-bond acceptors (Lipinski definition) is 6. The van der Waals surface area contributed by atoms with E-state index in [0.29, 0.717) is 28.7 Å². The molecule has 0 aliphatic rings. The lowest BCUT2D eigenvalue weighted by molar-refractivity contribution is -0.118. The summed E-state index contributed by atoms with van der Waals surface area (Å²) in [5, 5.41) is 6.69. The summed E-state index contributed by atoms with van der Waals surface area (Å²) in [6, 6.07) is 22.8. The summed E-state index contributed by atoms with van der Waals surface area (Å²) in [5.41, 5.74) is 7.71. The number of nitrogens with two attached hydrogens (primary N) is 1. The number of anilines is 1. The van der Waals surface area contributed by atoms with E-state index in [1.165, 1.54) is 12.1 Å². The predicted octanol–water partition coefficient (Wildman–Crippen LogP) is 3.52. The smallest absolute Gasteiger partial charge is 0.262 e. The van der Waals surface area contributed by atoms with Gasteiger partial charge in [0.25, 0.3) is 11.8 Å². The highest BCUT2D eigenvalue weighted by Gasteiger charge is 2.11. The molecule has 0 atom stereocenters. The van der Waals surface area contributed by atoms with Crippen LogP contribution in [0.4, 0.5) is 5.69 Å². The van der Waals surface area contributed by atoms with Gasteiger partial charge >= 0.3 is 0 Å². The van der Waals surface area contributed by atoms with E-state index in [1.54, 1.807) is 36.4 Å². The van der Waals surface area contributed by atoms with Gasteiger partial charge in [-0.2, -0.15) is 4.98 Å². The standard InChI is InChI=1S/C23H18N4O4/c24-21(29)15-6-10-18(11-7-15)25-20(28)14-30-19-12-8-17(9-13-19)23-26-22(27-31-23)16-4-2-1-3-5-16/h1-13H,14H2,(H2,24,29)(H,25,28). The van der Waals surface area contributed by atoms with Crippen LogP contribution in [0.2, 0.25) is 0 Å². The first-order valence-corrected chi connectivity index (χ1v) is 9.40. The third-order valence-corrected chi connectivity index (χ3v) is 4.38. The van der Waals surface area contributed by atoms with Crippen LogP contribution in [0.3, 0.4) is 0 Å². The highest BCUT2D eigenvalue weighted by molar-refractivity contribution is 5.95. The molecule has 31 heavy (non-hydrogen) atoms. The number of carbonyl (C=O) groups is 2. The van der Waals surface area contributed by atoms with Crippen LogP contribution < -0.4 is 15.8 Å². The number of benzene rings is 3. The lowest BCUT2D eigenvalue weighted by Crippen LogP contribution is -2.20. The summed E-state index contributed by atoms with van der Waals surface area (Å²) in [5.74, 6) is 0.562. The zero-order chi connectivity index (χ0) is 21.6. The fraction of sp³-hybridized carbons (Fsp3) is 0.0435. The van der Waals surface area contributed by atoms with Gasteiger partial charge in [-0.3, -0.25) is 9.59 Å². The average Bonchev–Trinajstić information content (AvgIpc) is 3.29. The molecule has 0 fully saturated rings. The van der Waals surface area contributed by atoms with Gasteiger partial charge in [-0.05, 0) is 48.5 Å². The van der Waals surface area contributed by atoms with Crippen LogP contribution in [0, 0.1) is 0 Å². The Morgan fingerprint density at radius 1 is 0.903 bits per heavy atom. The van der Waals surface area contributed by atoms with Gasteiger partial charge in [0.05, 0.1) is 0 Å². The number of nitrogens with zero attached hydrogens (tertiary/aromatic N) is 2. The summed E-state index contributed by atoms with van der Waals surface area (Å²) in [6.45, 7) is -0.171. The molecule has 0 aliphatic carbocycles. The molecular formula is C23H18N4O4. The van der Waals surface area contributed by atoms with Gasteiger partial charge in [-0.1, -0.05) is 35.5 Å². The van der Waals surface area contributed by atoms with Crippen LogP contribution in [0.25, 0.3) is 22.8 Å². The zero-order valence-electron chi connectivity index (χ0n) is 16.3. The predicted molar refractivity (Wildman–Crippen MR) is 114 cm³/mol. The second-order valence-electron chi connectivity index (χ2n) is 6.59. The van der Waals surface area contributed by atoms with Crippen molar-refractivity contribution in [3.05, 3.63) is 84.4 Å².